The lowest BCUT2D eigenvalue weighted by Crippen LogP contribution is -2.26. The first-order chi connectivity index (χ1) is 7.61. The number of ether oxygens (including phenoxy) is 1. The van der Waals surface area contributed by atoms with Gasteiger partial charge in [0.2, 0.25) is 0 Å². The molecule has 0 spiro atoms. The minimum absolute atomic E-state index is 0.00894. The van der Waals surface area contributed by atoms with E-state index in [1.807, 2.05) is 18.3 Å². The topological polar surface area (TPSA) is 41.8 Å². The van der Waals surface area contributed by atoms with Crippen LogP contribution in [0.15, 0.2) is 21.6 Å². The number of benzene rings is 1. The van der Waals surface area contributed by atoms with Crippen LogP contribution in [0.2, 0.25) is 0 Å². The molecule has 4 heteroatoms. The average Bonchev–Trinajstić information content (AvgIpc) is 2.28. The zero-order valence-corrected chi connectivity index (χ0v) is 10.9. The molecule has 86 valence electrons. The van der Waals surface area contributed by atoms with E-state index in [4.69, 9.17) is 9.84 Å². The number of fused-ring (bicyclic) bond motifs is 1. The summed E-state index contributed by atoms with van der Waals surface area (Å²) in [6, 6.07) is 3.70. The third kappa shape index (κ3) is 2.13. The second-order valence-electron chi connectivity index (χ2n) is 4.19. The molecule has 16 heavy (non-hydrogen) atoms. The van der Waals surface area contributed by atoms with Crippen molar-refractivity contribution in [2.24, 2.45) is 10.9 Å². The smallest absolute Gasteiger partial charge is 0.160 e. The van der Waals surface area contributed by atoms with Gasteiger partial charge in [0, 0.05) is 6.21 Å². The highest BCUT2D eigenvalue weighted by atomic mass is 79.9. The van der Waals surface area contributed by atoms with Gasteiger partial charge in [0.15, 0.2) is 5.75 Å². The Morgan fingerprint density at radius 2 is 2.25 bits per heavy atom. The van der Waals surface area contributed by atoms with Crippen molar-refractivity contribution >= 4 is 27.8 Å². The Morgan fingerprint density at radius 1 is 1.50 bits per heavy atom. The van der Waals surface area contributed by atoms with Crippen molar-refractivity contribution in [1.29, 1.82) is 0 Å². The van der Waals surface area contributed by atoms with Gasteiger partial charge in [-0.3, -0.25) is 4.99 Å². The van der Waals surface area contributed by atoms with Crippen LogP contribution in [0.5, 0.6) is 5.75 Å². The normalized spacial score (nSPS) is 18.4. The number of hydrogen-bond acceptors (Lipinski definition) is 3. The van der Waals surface area contributed by atoms with Gasteiger partial charge in [-0.1, -0.05) is 13.8 Å². The van der Waals surface area contributed by atoms with Gasteiger partial charge in [0.1, 0.15) is 11.8 Å². The highest BCUT2D eigenvalue weighted by Gasteiger charge is 2.21. The molecule has 1 aromatic rings. The molecule has 1 N–H and O–H groups in total. The minimum atomic E-state index is 0.00894. The summed E-state index contributed by atoms with van der Waals surface area (Å²) in [7, 11) is 0. The van der Waals surface area contributed by atoms with Crippen molar-refractivity contribution in [2.75, 3.05) is 0 Å². The van der Waals surface area contributed by atoms with E-state index in [9.17, 15) is 0 Å². The zero-order chi connectivity index (χ0) is 11.7. The summed E-state index contributed by atoms with van der Waals surface area (Å²) < 4.78 is 6.69. The van der Waals surface area contributed by atoms with Gasteiger partial charge in [-0.2, -0.15) is 0 Å². The quantitative estimate of drug-likeness (QED) is 0.906. The molecule has 0 bridgehead atoms. The zero-order valence-electron chi connectivity index (χ0n) is 9.27. The molecule has 3 nitrogen and oxygen atoms in total. The van der Waals surface area contributed by atoms with E-state index >= 15 is 0 Å². The Morgan fingerprint density at radius 3 is 2.88 bits per heavy atom. The van der Waals surface area contributed by atoms with E-state index in [1.165, 1.54) is 0 Å². The maximum atomic E-state index is 9.09. The molecule has 0 radical (unpaired) electrons. The first-order valence-corrected chi connectivity index (χ1v) is 6.05. The molecule has 0 aromatic heterocycles. The van der Waals surface area contributed by atoms with Gasteiger partial charge in [-0.25, -0.2) is 0 Å². The third-order valence-electron chi connectivity index (χ3n) is 2.54. The van der Waals surface area contributed by atoms with Crippen LogP contribution in [-0.2, 0) is 6.61 Å². The first-order valence-electron chi connectivity index (χ1n) is 5.26. The van der Waals surface area contributed by atoms with Crippen molar-refractivity contribution < 1.29 is 9.84 Å². The Balaban J connectivity index is 2.39. The second kappa shape index (κ2) is 4.55. The lowest BCUT2D eigenvalue weighted by molar-refractivity contribution is 0.215. The summed E-state index contributed by atoms with van der Waals surface area (Å²) in [6.07, 6.45) is 1.84. The molecule has 1 aliphatic rings. The van der Waals surface area contributed by atoms with Crippen LogP contribution in [-0.4, -0.2) is 17.4 Å². The van der Waals surface area contributed by atoms with Crippen molar-refractivity contribution in [3.8, 4) is 5.75 Å². The third-order valence-corrected chi connectivity index (χ3v) is 3.13. The predicted octanol–water partition coefficient (Wildman–Crippen LogP) is 3.06. The van der Waals surface area contributed by atoms with Crippen molar-refractivity contribution in [3.63, 3.8) is 0 Å². The predicted molar refractivity (Wildman–Crippen MR) is 67.5 cm³/mol. The molecule has 0 saturated carbocycles. The molecule has 0 saturated heterocycles. The molecule has 1 aliphatic heterocycles. The molecular weight excluding hydrogens is 270 g/mol. The molecular formula is C12H14BrNO2. The van der Waals surface area contributed by atoms with Gasteiger partial charge in [0.25, 0.3) is 0 Å². The molecule has 0 amide bonds. The number of halogens is 1. The molecule has 0 aliphatic carbocycles. The summed E-state index contributed by atoms with van der Waals surface area (Å²) in [4.78, 5) is 4.37. The summed E-state index contributed by atoms with van der Waals surface area (Å²) in [5.41, 5.74) is 1.60. The Labute approximate surface area is 103 Å². The van der Waals surface area contributed by atoms with Crippen LogP contribution in [0.25, 0.3) is 0 Å². The molecule has 1 atom stereocenters. The maximum absolute atomic E-state index is 9.09. The van der Waals surface area contributed by atoms with Crippen LogP contribution in [0.4, 0.5) is 5.69 Å². The fraction of sp³-hybridized carbons (Fsp3) is 0.417. The fourth-order valence-electron chi connectivity index (χ4n) is 1.57. The summed E-state index contributed by atoms with van der Waals surface area (Å²) in [6.45, 7) is 4.20. The van der Waals surface area contributed by atoms with Crippen LogP contribution < -0.4 is 4.74 Å². The molecule has 0 fully saturated rings. The Bertz CT molecular complexity index is 429. The number of rotatable bonds is 2. The SMILES string of the molecule is CC(C)C1C=Nc2cc(CO)cc(Br)c2O1. The largest absolute Gasteiger partial charge is 0.481 e. The van der Waals surface area contributed by atoms with Gasteiger partial charge < -0.3 is 9.84 Å². The average molecular weight is 284 g/mol. The van der Waals surface area contributed by atoms with Crippen molar-refractivity contribution in [3.05, 3.63) is 22.2 Å². The van der Waals surface area contributed by atoms with E-state index in [0.717, 1.165) is 21.5 Å². The maximum Gasteiger partial charge on any atom is 0.160 e. The monoisotopic (exact) mass is 283 g/mol. The molecule has 1 aromatic carbocycles. The van der Waals surface area contributed by atoms with Crippen LogP contribution in [0.3, 0.4) is 0 Å². The molecule has 1 unspecified atom stereocenters. The lowest BCUT2D eigenvalue weighted by atomic mass is 10.1. The highest BCUT2D eigenvalue weighted by Crippen LogP contribution is 2.39. The number of aliphatic hydroxyl groups excluding tert-OH is 1. The van der Waals surface area contributed by atoms with Gasteiger partial charge in [-0.15, -0.1) is 0 Å². The Kier molecular flexibility index (Phi) is 3.30. The van der Waals surface area contributed by atoms with E-state index in [0.29, 0.717) is 5.92 Å². The fourth-order valence-corrected chi connectivity index (χ4v) is 2.16. The number of hydrogen-bond donors (Lipinski definition) is 1. The van der Waals surface area contributed by atoms with Gasteiger partial charge in [-0.05, 0) is 39.5 Å². The van der Waals surface area contributed by atoms with Crippen LogP contribution >= 0.6 is 15.9 Å². The van der Waals surface area contributed by atoms with Gasteiger partial charge in [0.05, 0.1) is 11.1 Å². The standard InChI is InChI=1S/C12H14BrNO2/c1-7(2)11-5-14-10-4-8(6-15)3-9(13)12(10)16-11/h3-5,7,11,15H,6H2,1-2H3. The lowest BCUT2D eigenvalue weighted by Gasteiger charge is -2.24. The number of aliphatic imine (C=N–C) groups is 1. The van der Waals surface area contributed by atoms with E-state index in [1.54, 1.807) is 0 Å². The van der Waals surface area contributed by atoms with E-state index < -0.39 is 0 Å². The minimum Gasteiger partial charge on any atom is -0.481 e. The molecule has 1 heterocycles. The summed E-state index contributed by atoms with van der Waals surface area (Å²) in [5, 5.41) is 9.09. The Hall–Kier alpha value is -0.870. The van der Waals surface area contributed by atoms with Crippen molar-refractivity contribution in [1.82, 2.24) is 0 Å². The van der Waals surface area contributed by atoms with Crippen LogP contribution in [0, 0.1) is 5.92 Å². The number of aliphatic hydroxyl groups is 1. The van der Waals surface area contributed by atoms with E-state index in [-0.39, 0.29) is 12.7 Å². The summed E-state index contributed by atoms with van der Waals surface area (Å²) >= 11 is 3.44. The van der Waals surface area contributed by atoms with E-state index in [2.05, 4.69) is 34.8 Å². The van der Waals surface area contributed by atoms with Crippen LogP contribution in [0.1, 0.15) is 19.4 Å². The number of nitrogens with zero attached hydrogens (tertiary/aromatic N) is 1. The molecule has 2 rings (SSSR count). The highest BCUT2D eigenvalue weighted by molar-refractivity contribution is 9.10. The van der Waals surface area contributed by atoms with Gasteiger partial charge >= 0.3 is 0 Å². The first kappa shape index (κ1) is 11.6. The second-order valence-corrected chi connectivity index (χ2v) is 5.04. The van der Waals surface area contributed by atoms with Crippen molar-refractivity contribution in [2.45, 2.75) is 26.6 Å². The summed E-state index contributed by atoms with van der Waals surface area (Å²) in [5.74, 6) is 1.15.